The Morgan fingerprint density at radius 3 is 1.58 bits per heavy atom. The third kappa shape index (κ3) is 9.02. The number of hydrogen-bond donors (Lipinski definition) is 0. The van der Waals surface area contributed by atoms with Crippen LogP contribution in [-0.4, -0.2) is 19.1 Å². The van der Waals surface area contributed by atoms with Crippen LogP contribution in [0, 0.1) is 13.8 Å². The van der Waals surface area contributed by atoms with Crippen molar-refractivity contribution in [2.24, 2.45) is 7.05 Å². The second kappa shape index (κ2) is 13.2. The summed E-state index contributed by atoms with van der Waals surface area (Å²) in [5.74, 6) is 0. The monoisotopic (exact) mass is 336 g/mol. The van der Waals surface area contributed by atoms with Gasteiger partial charge in [-0.3, -0.25) is 4.57 Å². The quantitative estimate of drug-likeness (QED) is 0.801. The zero-order valence-corrected chi connectivity index (χ0v) is 16.5. The molecule has 0 atom stereocenters. The Labute approximate surface area is 145 Å². The van der Waals surface area contributed by atoms with E-state index in [1.165, 1.54) is 4.57 Å². The summed E-state index contributed by atoms with van der Waals surface area (Å²) in [6.45, 7) is 15.7. The lowest BCUT2D eigenvalue weighted by atomic mass is 10.3. The molecule has 136 valence electrons. The Morgan fingerprint density at radius 1 is 0.833 bits per heavy atom. The summed E-state index contributed by atoms with van der Waals surface area (Å²) < 4.78 is 3.07. The van der Waals surface area contributed by atoms with E-state index in [0.29, 0.717) is 0 Å². The van der Waals surface area contributed by atoms with Crippen molar-refractivity contribution in [2.75, 3.05) is 0 Å². The molecule has 0 aromatic carbocycles. The van der Waals surface area contributed by atoms with Gasteiger partial charge in [-0.1, -0.05) is 27.7 Å². The Morgan fingerprint density at radius 2 is 1.25 bits per heavy atom. The van der Waals surface area contributed by atoms with Gasteiger partial charge in [0.15, 0.2) is 0 Å². The number of nitrogens with zero attached hydrogens (tertiary/aromatic N) is 4. The summed E-state index contributed by atoms with van der Waals surface area (Å²) in [4.78, 5) is 29.0. The SMILES string of the molecule is CC.CC.Cc1cnc(=O)n(C(C)C)c1.Cc1cnc(=O)n(C)c1. The Hall–Kier alpha value is -2.24. The van der Waals surface area contributed by atoms with Crippen molar-refractivity contribution < 1.29 is 0 Å². The van der Waals surface area contributed by atoms with Crippen LogP contribution in [0.4, 0.5) is 0 Å². The smallest absolute Gasteiger partial charge is 0.302 e. The van der Waals surface area contributed by atoms with Gasteiger partial charge < -0.3 is 4.57 Å². The first-order chi connectivity index (χ1) is 11.3. The molecule has 0 radical (unpaired) electrons. The molecule has 0 saturated carbocycles. The molecule has 0 fully saturated rings. The molecule has 2 aromatic heterocycles. The summed E-state index contributed by atoms with van der Waals surface area (Å²) in [6.07, 6.45) is 6.71. The molecule has 0 saturated heterocycles. The zero-order chi connectivity index (χ0) is 19.3. The molecule has 0 spiro atoms. The van der Waals surface area contributed by atoms with Crippen molar-refractivity contribution in [2.45, 2.75) is 61.4 Å². The van der Waals surface area contributed by atoms with Gasteiger partial charge in [0.25, 0.3) is 0 Å². The lowest BCUT2D eigenvalue weighted by Gasteiger charge is -2.07. The van der Waals surface area contributed by atoms with Crippen molar-refractivity contribution in [3.8, 4) is 0 Å². The maximum atomic E-state index is 11.1. The summed E-state index contributed by atoms with van der Waals surface area (Å²) in [6, 6.07) is 0.190. The number of aryl methyl sites for hydroxylation is 3. The highest BCUT2D eigenvalue weighted by molar-refractivity contribution is 5.00. The van der Waals surface area contributed by atoms with Gasteiger partial charge in [-0.05, 0) is 38.8 Å². The molecular weight excluding hydrogens is 304 g/mol. The molecule has 0 bridgehead atoms. The first-order valence-corrected chi connectivity index (χ1v) is 8.35. The topological polar surface area (TPSA) is 69.8 Å². The highest BCUT2D eigenvalue weighted by Gasteiger charge is 1.99. The van der Waals surface area contributed by atoms with Crippen LogP contribution in [-0.2, 0) is 7.05 Å². The van der Waals surface area contributed by atoms with Gasteiger partial charge in [-0.15, -0.1) is 0 Å². The summed E-state index contributed by atoms with van der Waals surface area (Å²) >= 11 is 0. The standard InChI is InChI=1S/C8H12N2O.C6H8N2O.2C2H6/c1-6(2)10-5-7(3)4-9-8(10)11;1-5-3-7-6(9)8(2)4-5;2*1-2/h4-6H,1-3H3;3-4H,1-2H3;2*1-2H3. The van der Waals surface area contributed by atoms with E-state index >= 15 is 0 Å². The molecule has 0 aliphatic heterocycles. The third-order valence-corrected chi connectivity index (χ3v) is 2.58. The minimum absolute atomic E-state index is 0.175. The average molecular weight is 336 g/mol. The van der Waals surface area contributed by atoms with Crippen LogP contribution in [0.3, 0.4) is 0 Å². The molecular formula is C18H32N4O2. The van der Waals surface area contributed by atoms with E-state index in [4.69, 9.17) is 0 Å². The van der Waals surface area contributed by atoms with Crippen LogP contribution in [0.5, 0.6) is 0 Å². The van der Waals surface area contributed by atoms with E-state index in [0.717, 1.165) is 11.1 Å². The van der Waals surface area contributed by atoms with Crippen molar-refractivity contribution in [3.05, 3.63) is 56.9 Å². The number of hydrogen-bond acceptors (Lipinski definition) is 4. The van der Waals surface area contributed by atoms with Crippen LogP contribution >= 0.6 is 0 Å². The summed E-state index contributed by atoms with van der Waals surface area (Å²) in [7, 11) is 1.68. The lowest BCUT2D eigenvalue weighted by Crippen LogP contribution is -2.23. The number of aromatic nitrogens is 4. The van der Waals surface area contributed by atoms with E-state index in [1.807, 2.05) is 61.6 Å². The lowest BCUT2D eigenvalue weighted by molar-refractivity contribution is 0.561. The predicted molar refractivity (Wildman–Crippen MR) is 101 cm³/mol. The maximum Gasteiger partial charge on any atom is 0.347 e. The van der Waals surface area contributed by atoms with E-state index in [2.05, 4.69) is 9.97 Å². The van der Waals surface area contributed by atoms with Gasteiger partial charge in [-0.2, -0.15) is 0 Å². The molecule has 2 rings (SSSR count). The van der Waals surface area contributed by atoms with Crippen molar-refractivity contribution in [1.29, 1.82) is 0 Å². The van der Waals surface area contributed by atoms with Crippen LogP contribution in [0.15, 0.2) is 34.4 Å². The maximum absolute atomic E-state index is 11.1. The van der Waals surface area contributed by atoms with Crippen molar-refractivity contribution in [3.63, 3.8) is 0 Å². The van der Waals surface area contributed by atoms with E-state index in [9.17, 15) is 9.59 Å². The van der Waals surface area contributed by atoms with Gasteiger partial charge in [0.05, 0.1) is 0 Å². The molecule has 24 heavy (non-hydrogen) atoms. The normalized spacial score (nSPS) is 8.92. The molecule has 0 aliphatic rings. The Balaban J connectivity index is 0. The Kier molecular flexibility index (Phi) is 13.2. The molecule has 0 N–H and O–H groups in total. The molecule has 6 nitrogen and oxygen atoms in total. The summed E-state index contributed by atoms with van der Waals surface area (Å²) in [5.41, 5.74) is 1.63. The second-order valence-corrected chi connectivity index (χ2v) is 4.94. The van der Waals surface area contributed by atoms with E-state index in [1.54, 1.807) is 30.2 Å². The third-order valence-electron chi connectivity index (χ3n) is 2.58. The molecule has 0 unspecified atom stereocenters. The minimum Gasteiger partial charge on any atom is -0.302 e. The van der Waals surface area contributed by atoms with Gasteiger partial charge >= 0.3 is 11.4 Å². The predicted octanol–water partition coefficient (Wildman–Crippen LogP) is 3.27. The largest absolute Gasteiger partial charge is 0.347 e. The average Bonchev–Trinajstić information content (AvgIpc) is 2.57. The fourth-order valence-electron chi connectivity index (χ4n) is 1.54. The fraction of sp³-hybridized carbons (Fsp3) is 0.556. The van der Waals surface area contributed by atoms with Crippen molar-refractivity contribution in [1.82, 2.24) is 19.1 Å². The van der Waals surface area contributed by atoms with Gasteiger partial charge in [0.2, 0.25) is 0 Å². The molecule has 0 aliphatic carbocycles. The molecule has 2 heterocycles. The first-order valence-electron chi connectivity index (χ1n) is 8.35. The molecule has 6 heteroatoms. The highest BCUT2D eigenvalue weighted by Crippen LogP contribution is 1.99. The van der Waals surface area contributed by atoms with Crippen molar-refractivity contribution >= 4 is 0 Å². The van der Waals surface area contributed by atoms with Crippen LogP contribution in [0.25, 0.3) is 0 Å². The Bertz CT molecular complexity index is 688. The van der Waals surface area contributed by atoms with Crippen LogP contribution < -0.4 is 11.4 Å². The minimum atomic E-state index is -0.208. The van der Waals surface area contributed by atoms with E-state index < -0.39 is 0 Å². The molecule has 0 amide bonds. The van der Waals surface area contributed by atoms with E-state index in [-0.39, 0.29) is 17.4 Å². The zero-order valence-electron chi connectivity index (χ0n) is 16.5. The van der Waals surface area contributed by atoms with Crippen LogP contribution in [0.1, 0.15) is 58.7 Å². The fourth-order valence-corrected chi connectivity index (χ4v) is 1.54. The number of rotatable bonds is 1. The second-order valence-electron chi connectivity index (χ2n) is 4.94. The summed E-state index contributed by atoms with van der Waals surface area (Å²) in [5, 5.41) is 0. The van der Waals surface area contributed by atoms with Gasteiger partial charge in [0, 0.05) is 37.9 Å². The van der Waals surface area contributed by atoms with Gasteiger partial charge in [-0.25, -0.2) is 19.6 Å². The van der Waals surface area contributed by atoms with Crippen LogP contribution in [0.2, 0.25) is 0 Å². The van der Waals surface area contributed by atoms with Gasteiger partial charge in [0.1, 0.15) is 0 Å². The highest BCUT2D eigenvalue weighted by atomic mass is 16.1. The molecule has 2 aromatic rings. The first kappa shape index (κ1) is 24.0.